The molecule has 4 nitrogen and oxygen atoms in total. The van der Waals surface area contributed by atoms with Crippen molar-refractivity contribution in [3.8, 4) is 5.75 Å². The SMILES string of the molecule is O=C1C(=Cc2ccccc2OCc2ccc(Br)cc2)SC(=Nc2ccccc2)N1CCc1ccccc1. The number of thioether (sulfide) groups is 1. The minimum Gasteiger partial charge on any atom is -0.488 e. The molecule has 0 radical (unpaired) electrons. The number of carbonyl (C=O) groups is 1. The minimum atomic E-state index is -0.0432. The molecule has 1 heterocycles. The second-order valence-corrected chi connectivity index (χ2v) is 10.4. The van der Waals surface area contributed by atoms with Crippen molar-refractivity contribution in [2.24, 2.45) is 4.99 Å². The molecule has 0 N–H and O–H groups in total. The summed E-state index contributed by atoms with van der Waals surface area (Å²) in [4.78, 5) is 20.8. The molecule has 0 spiro atoms. The van der Waals surface area contributed by atoms with Gasteiger partial charge in [0.05, 0.1) is 10.6 Å². The molecule has 4 aromatic rings. The molecule has 1 aliphatic heterocycles. The van der Waals surface area contributed by atoms with Gasteiger partial charge in [-0.2, -0.15) is 0 Å². The van der Waals surface area contributed by atoms with Gasteiger partial charge >= 0.3 is 0 Å². The van der Waals surface area contributed by atoms with Crippen molar-refractivity contribution in [2.45, 2.75) is 13.0 Å². The van der Waals surface area contributed by atoms with E-state index in [-0.39, 0.29) is 5.91 Å². The first kappa shape index (κ1) is 25.1. The van der Waals surface area contributed by atoms with Crippen LogP contribution < -0.4 is 4.74 Å². The second kappa shape index (κ2) is 12.1. The van der Waals surface area contributed by atoms with Crippen LogP contribution >= 0.6 is 27.7 Å². The molecule has 1 aliphatic rings. The summed E-state index contributed by atoms with van der Waals surface area (Å²) in [5.74, 6) is 0.689. The van der Waals surface area contributed by atoms with E-state index in [2.05, 4.69) is 28.1 Å². The number of hydrogen-bond acceptors (Lipinski definition) is 4. The highest BCUT2D eigenvalue weighted by atomic mass is 79.9. The lowest BCUT2D eigenvalue weighted by atomic mass is 10.1. The van der Waals surface area contributed by atoms with Gasteiger partial charge in [0.15, 0.2) is 5.17 Å². The second-order valence-electron chi connectivity index (χ2n) is 8.49. The Labute approximate surface area is 229 Å². The summed E-state index contributed by atoms with van der Waals surface area (Å²) in [5, 5.41) is 0.687. The molecular weight excluding hydrogens is 544 g/mol. The molecule has 37 heavy (non-hydrogen) atoms. The highest BCUT2D eigenvalue weighted by Gasteiger charge is 2.33. The molecule has 1 amide bonds. The average molecular weight is 570 g/mol. The summed E-state index contributed by atoms with van der Waals surface area (Å²) < 4.78 is 7.17. The van der Waals surface area contributed by atoms with Gasteiger partial charge in [-0.1, -0.05) is 94.8 Å². The number of carbonyl (C=O) groups excluding carboxylic acids is 1. The van der Waals surface area contributed by atoms with Crippen molar-refractivity contribution in [3.63, 3.8) is 0 Å². The van der Waals surface area contributed by atoms with E-state index in [0.29, 0.717) is 23.2 Å². The Kier molecular flexibility index (Phi) is 8.18. The molecular formula is C31H25BrN2O2S. The van der Waals surface area contributed by atoms with E-state index in [1.807, 2.05) is 103 Å². The summed E-state index contributed by atoms with van der Waals surface area (Å²) >= 11 is 4.87. The topological polar surface area (TPSA) is 41.9 Å². The summed E-state index contributed by atoms with van der Waals surface area (Å²) in [5.41, 5.74) is 3.94. The van der Waals surface area contributed by atoms with Crippen molar-refractivity contribution in [2.75, 3.05) is 6.54 Å². The van der Waals surface area contributed by atoms with Gasteiger partial charge in [-0.15, -0.1) is 0 Å². The Hall–Kier alpha value is -3.61. The van der Waals surface area contributed by atoms with Gasteiger partial charge in [-0.25, -0.2) is 4.99 Å². The van der Waals surface area contributed by atoms with Gasteiger partial charge in [0, 0.05) is 16.6 Å². The fraction of sp³-hybridized carbons (Fsp3) is 0.0968. The molecule has 0 aromatic heterocycles. The Bertz CT molecular complexity index is 1420. The van der Waals surface area contributed by atoms with Crippen molar-refractivity contribution in [1.82, 2.24) is 4.90 Å². The predicted molar refractivity (Wildman–Crippen MR) is 156 cm³/mol. The van der Waals surface area contributed by atoms with Crippen LogP contribution in [-0.4, -0.2) is 22.5 Å². The lowest BCUT2D eigenvalue weighted by molar-refractivity contribution is -0.122. The molecule has 6 heteroatoms. The predicted octanol–water partition coefficient (Wildman–Crippen LogP) is 7.87. The van der Waals surface area contributed by atoms with E-state index in [1.54, 1.807) is 4.90 Å². The molecule has 0 saturated carbocycles. The van der Waals surface area contributed by atoms with Gasteiger partial charge in [0.25, 0.3) is 5.91 Å². The quantitative estimate of drug-likeness (QED) is 0.203. The zero-order valence-corrected chi connectivity index (χ0v) is 22.5. The zero-order valence-electron chi connectivity index (χ0n) is 20.1. The van der Waals surface area contributed by atoms with E-state index >= 15 is 0 Å². The fourth-order valence-electron chi connectivity index (χ4n) is 3.90. The highest BCUT2D eigenvalue weighted by Crippen LogP contribution is 2.36. The molecule has 4 aromatic carbocycles. The normalized spacial score (nSPS) is 15.5. The first-order valence-electron chi connectivity index (χ1n) is 12.0. The van der Waals surface area contributed by atoms with Crippen LogP contribution in [0.5, 0.6) is 5.75 Å². The third-order valence-electron chi connectivity index (χ3n) is 5.85. The van der Waals surface area contributed by atoms with Crippen LogP contribution in [0, 0.1) is 0 Å². The van der Waals surface area contributed by atoms with Crippen molar-refractivity contribution in [3.05, 3.63) is 135 Å². The van der Waals surface area contributed by atoms with E-state index in [1.165, 1.54) is 17.3 Å². The lowest BCUT2D eigenvalue weighted by Crippen LogP contribution is -2.31. The van der Waals surface area contributed by atoms with Crippen molar-refractivity contribution < 1.29 is 9.53 Å². The van der Waals surface area contributed by atoms with E-state index < -0.39 is 0 Å². The Balaban J connectivity index is 1.40. The van der Waals surface area contributed by atoms with E-state index in [9.17, 15) is 4.79 Å². The molecule has 0 aliphatic carbocycles. The monoisotopic (exact) mass is 568 g/mol. The maximum Gasteiger partial charge on any atom is 0.266 e. The van der Waals surface area contributed by atoms with E-state index in [0.717, 1.165) is 33.5 Å². The van der Waals surface area contributed by atoms with Crippen LogP contribution in [0.3, 0.4) is 0 Å². The first-order chi connectivity index (χ1) is 18.2. The number of hydrogen-bond donors (Lipinski definition) is 0. The molecule has 0 unspecified atom stereocenters. The Morgan fingerprint density at radius 2 is 1.49 bits per heavy atom. The zero-order chi connectivity index (χ0) is 25.5. The number of rotatable bonds is 8. The standard InChI is InChI=1S/C31H25BrN2O2S/c32-26-17-15-24(16-18-26)22-36-28-14-8-7-11-25(28)21-29-30(35)34(20-19-23-9-3-1-4-10-23)31(37-29)33-27-12-5-2-6-13-27/h1-18,21H,19-20,22H2. The minimum absolute atomic E-state index is 0.0432. The molecule has 0 bridgehead atoms. The molecule has 0 atom stereocenters. The molecule has 184 valence electrons. The van der Waals surface area contributed by atoms with Gasteiger partial charge in [0.2, 0.25) is 0 Å². The van der Waals surface area contributed by atoms with Crippen LogP contribution in [0.25, 0.3) is 6.08 Å². The Morgan fingerprint density at radius 3 is 2.24 bits per heavy atom. The van der Waals surface area contributed by atoms with Crippen molar-refractivity contribution in [1.29, 1.82) is 0 Å². The van der Waals surface area contributed by atoms with Crippen LogP contribution in [-0.2, 0) is 17.8 Å². The van der Waals surface area contributed by atoms with Crippen molar-refractivity contribution >= 4 is 50.5 Å². The van der Waals surface area contributed by atoms with Crippen LogP contribution in [0.1, 0.15) is 16.7 Å². The third kappa shape index (κ3) is 6.59. The van der Waals surface area contributed by atoms with Crippen LogP contribution in [0.2, 0.25) is 0 Å². The molecule has 5 rings (SSSR count). The highest BCUT2D eigenvalue weighted by molar-refractivity contribution is 9.10. The van der Waals surface area contributed by atoms with Crippen LogP contribution in [0.4, 0.5) is 5.69 Å². The fourth-order valence-corrected chi connectivity index (χ4v) is 5.18. The number of amides is 1. The number of ether oxygens (including phenoxy) is 1. The van der Waals surface area contributed by atoms with E-state index in [4.69, 9.17) is 9.73 Å². The summed E-state index contributed by atoms with van der Waals surface area (Å²) in [6.07, 6.45) is 2.66. The lowest BCUT2D eigenvalue weighted by Gasteiger charge is -2.15. The van der Waals surface area contributed by atoms with Gasteiger partial charge in [-0.05, 0) is 65.7 Å². The molecule has 1 saturated heterocycles. The smallest absolute Gasteiger partial charge is 0.266 e. The first-order valence-corrected chi connectivity index (χ1v) is 13.6. The van der Waals surface area contributed by atoms with Gasteiger partial charge in [0.1, 0.15) is 12.4 Å². The number of para-hydroxylation sites is 2. The summed E-state index contributed by atoms with van der Waals surface area (Å²) in [7, 11) is 0. The number of nitrogens with zero attached hydrogens (tertiary/aromatic N) is 2. The number of amidine groups is 1. The maximum atomic E-state index is 13.6. The Morgan fingerprint density at radius 1 is 0.811 bits per heavy atom. The number of halogens is 1. The average Bonchev–Trinajstić information content (AvgIpc) is 3.22. The number of aliphatic imine (C=N–C) groups is 1. The third-order valence-corrected chi connectivity index (χ3v) is 7.38. The molecule has 1 fully saturated rings. The van der Waals surface area contributed by atoms with Crippen LogP contribution in [0.15, 0.2) is 124 Å². The maximum absolute atomic E-state index is 13.6. The summed E-state index contributed by atoms with van der Waals surface area (Å²) in [6, 6.07) is 35.8. The number of benzene rings is 4. The van der Waals surface area contributed by atoms with Gasteiger partial charge in [-0.3, -0.25) is 9.69 Å². The largest absolute Gasteiger partial charge is 0.488 e. The van der Waals surface area contributed by atoms with Gasteiger partial charge < -0.3 is 4.74 Å². The summed E-state index contributed by atoms with van der Waals surface area (Å²) in [6.45, 7) is 0.999.